The van der Waals surface area contributed by atoms with E-state index in [0.717, 1.165) is 22.4 Å². The van der Waals surface area contributed by atoms with Crippen molar-refractivity contribution in [2.24, 2.45) is 10.2 Å². The lowest BCUT2D eigenvalue weighted by molar-refractivity contribution is -0.112. The zero-order valence-corrected chi connectivity index (χ0v) is 18.5. The van der Waals surface area contributed by atoms with Gasteiger partial charge in [-0.2, -0.15) is 5.11 Å². The number of aliphatic hydroxyl groups is 1. The van der Waals surface area contributed by atoms with Gasteiger partial charge in [0.15, 0.2) is 11.5 Å². The maximum Gasteiger partial charge on any atom is 0.280 e. The van der Waals surface area contributed by atoms with Crippen LogP contribution in [0.25, 0.3) is 28.2 Å². The summed E-state index contributed by atoms with van der Waals surface area (Å²) in [6.45, 7) is 0. The van der Waals surface area contributed by atoms with Gasteiger partial charge in [0, 0.05) is 17.3 Å². The van der Waals surface area contributed by atoms with Crippen molar-refractivity contribution in [1.29, 1.82) is 0 Å². The summed E-state index contributed by atoms with van der Waals surface area (Å²) in [5.41, 5.74) is 3.94. The summed E-state index contributed by atoms with van der Waals surface area (Å²) in [5.74, 6) is -0.149. The number of rotatable bonds is 6. The topological polar surface area (TPSA) is 116 Å². The van der Waals surface area contributed by atoms with Crippen molar-refractivity contribution < 1.29 is 9.90 Å². The highest BCUT2D eigenvalue weighted by atomic mass is 16.3. The first-order valence-corrected chi connectivity index (χ1v) is 10.8. The summed E-state index contributed by atoms with van der Waals surface area (Å²) in [7, 11) is 0. The Labute approximate surface area is 200 Å². The molecule has 0 fully saturated rings. The number of aromatic amines is 1. The third-order valence-corrected chi connectivity index (χ3v) is 5.20. The number of pyridine rings is 1. The maximum absolute atomic E-state index is 13.0. The van der Waals surface area contributed by atoms with Crippen molar-refractivity contribution in [1.82, 2.24) is 15.0 Å². The van der Waals surface area contributed by atoms with Gasteiger partial charge in [-0.1, -0.05) is 42.5 Å². The second kappa shape index (κ2) is 9.80. The number of hydrogen-bond donors (Lipinski definition) is 3. The van der Waals surface area contributed by atoms with Crippen molar-refractivity contribution in [3.05, 3.63) is 115 Å². The molecule has 3 N–H and O–H groups in total. The minimum absolute atomic E-state index is 0.221. The lowest BCUT2D eigenvalue weighted by Crippen LogP contribution is -2.15. The van der Waals surface area contributed by atoms with Gasteiger partial charge in [0.1, 0.15) is 5.82 Å². The van der Waals surface area contributed by atoms with Crippen LogP contribution in [0.5, 0.6) is 0 Å². The lowest BCUT2D eigenvalue weighted by Gasteiger charge is -2.07. The predicted octanol–water partition coefficient (Wildman–Crippen LogP) is 6.27. The Morgan fingerprint density at radius 3 is 2.40 bits per heavy atom. The normalized spacial score (nSPS) is 12.0. The van der Waals surface area contributed by atoms with E-state index in [0.29, 0.717) is 16.9 Å². The molecule has 35 heavy (non-hydrogen) atoms. The number of aliphatic hydroxyl groups excluding tert-OH is 1. The number of imidazole rings is 1. The van der Waals surface area contributed by atoms with Gasteiger partial charge in [-0.15, -0.1) is 5.11 Å². The first-order chi connectivity index (χ1) is 17.2. The van der Waals surface area contributed by atoms with Gasteiger partial charge in [-0.25, -0.2) is 4.98 Å². The largest absolute Gasteiger partial charge is 0.505 e. The second-order valence-electron chi connectivity index (χ2n) is 7.61. The summed E-state index contributed by atoms with van der Waals surface area (Å²) in [6, 6.07) is 27.2. The summed E-state index contributed by atoms with van der Waals surface area (Å²) in [6.07, 6.45) is 3.10. The monoisotopic (exact) mass is 460 g/mol. The Bertz CT molecular complexity index is 1490. The molecule has 0 bridgehead atoms. The van der Waals surface area contributed by atoms with Crippen LogP contribution in [0.4, 0.5) is 11.4 Å². The first kappa shape index (κ1) is 21.7. The van der Waals surface area contributed by atoms with Crippen LogP contribution in [0.15, 0.2) is 119 Å². The Hall–Kier alpha value is -5.11. The van der Waals surface area contributed by atoms with Crippen LogP contribution >= 0.6 is 0 Å². The highest BCUT2D eigenvalue weighted by molar-refractivity contribution is 6.07. The Balaban J connectivity index is 1.43. The molecule has 2 aromatic heterocycles. The standard InChI is InChI=1S/C27H20N6O2/c34-25(18-7-2-1-3-8-18)24(27(35)29-21-9-6-16-28-17-21)33-32-20-14-12-19(13-15-20)26-30-22-10-4-5-11-23(22)31-26/h1-17,34H,(H,29,35)(H,30,31)/b25-24-,33-32?. The van der Waals surface area contributed by atoms with E-state index >= 15 is 0 Å². The molecule has 0 saturated carbocycles. The number of aromatic nitrogens is 3. The SMILES string of the molecule is O=C(Nc1cccnc1)/C(N=Nc1ccc(-c2nc3ccccc3[nH]2)cc1)=C(/O)c1ccccc1. The summed E-state index contributed by atoms with van der Waals surface area (Å²) in [4.78, 5) is 24.8. The minimum Gasteiger partial charge on any atom is -0.505 e. The van der Waals surface area contributed by atoms with Gasteiger partial charge in [0.2, 0.25) is 0 Å². The van der Waals surface area contributed by atoms with Crippen molar-refractivity contribution in [2.75, 3.05) is 5.32 Å². The van der Waals surface area contributed by atoms with Crippen molar-refractivity contribution >= 4 is 34.1 Å². The summed E-state index contributed by atoms with van der Waals surface area (Å²) < 4.78 is 0. The molecule has 0 radical (unpaired) electrons. The van der Waals surface area contributed by atoms with E-state index in [2.05, 4.69) is 30.5 Å². The van der Waals surface area contributed by atoms with Crippen LogP contribution in [-0.4, -0.2) is 26.0 Å². The smallest absolute Gasteiger partial charge is 0.280 e. The number of nitrogens with zero attached hydrogens (tertiary/aromatic N) is 4. The molecule has 0 unspecified atom stereocenters. The number of carbonyl (C=O) groups excluding carboxylic acids is 1. The summed E-state index contributed by atoms with van der Waals surface area (Å²) >= 11 is 0. The fraction of sp³-hybridized carbons (Fsp3) is 0. The predicted molar refractivity (Wildman–Crippen MR) is 135 cm³/mol. The van der Waals surface area contributed by atoms with Crippen molar-refractivity contribution in [3.8, 4) is 11.4 Å². The Morgan fingerprint density at radius 2 is 1.66 bits per heavy atom. The molecule has 8 heteroatoms. The Morgan fingerprint density at radius 1 is 0.886 bits per heavy atom. The molecule has 8 nitrogen and oxygen atoms in total. The summed E-state index contributed by atoms with van der Waals surface area (Å²) in [5, 5.41) is 21.8. The van der Waals surface area contributed by atoms with Gasteiger partial charge >= 0.3 is 0 Å². The van der Waals surface area contributed by atoms with E-state index in [1.165, 1.54) is 6.20 Å². The van der Waals surface area contributed by atoms with Crippen molar-refractivity contribution in [2.45, 2.75) is 0 Å². The van der Waals surface area contributed by atoms with Crippen LogP contribution in [0.2, 0.25) is 0 Å². The number of hydrogen-bond acceptors (Lipinski definition) is 6. The van der Waals surface area contributed by atoms with Gasteiger partial charge in [-0.3, -0.25) is 9.78 Å². The average molecular weight is 460 g/mol. The van der Waals surface area contributed by atoms with E-state index in [4.69, 9.17) is 0 Å². The van der Waals surface area contributed by atoms with E-state index < -0.39 is 5.91 Å². The van der Waals surface area contributed by atoms with Crippen LogP contribution < -0.4 is 5.32 Å². The van der Waals surface area contributed by atoms with Gasteiger partial charge < -0.3 is 15.4 Å². The number of anilines is 1. The molecule has 5 aromatic rings. The number of azo groups is 1. The maximum atomic E-state index is 13.0. The molecule has 170 valence electrons. The molecule has 2 heterocycles. The number of amides is 1. The van der Waals surface area contributed by atoms with Crippen LogP contribution in [0, 0.1) is 0 Å². The number of H-pyrrole nitrogens is 1. The fourth-order valence-electron chi connectivity index (χ4n) is 3.44. The van der Waals surface area contributed by atoms with Gasteiger partial charge in [0.25, 0.3) is 5.91 Å². The molecule has 3 aromatic carbocycles. The molecular weight excluding hydrogens is 440 g/mol. The third kappa shape index (κ3) is 4.96. The molecule has 0 aliphatic rings. The van der Waals surface area contributed by atoms with E-state index in [9.17, 15) is 9.90 Å². The first-order valence-electron chi connectivity index (χ1n) is 10.8. The zero-order valence-electron chi connectivity index (χ0n) is 18.5. The van der Waals surface area contributed by atoms with E-state index in [1.54, 1.807) is 54.7 Å². The zero-order chi connectivity index (χ0) is 24.0. The number of nitrogens with one attached hydrogen (secondary N) is 2. The number of fused-ring (bicyclic) bond motifs is 1. The van der Waals surface area contributed by atoms with E-state index in [-0.39, 0.29) is 11.5 Å². The van der Waals surface area contributed by atoms with Gasteiger partial charge in [0.05, 0.1) is 28.6 Å². The average Bonchev–Trinajstić information content (AvgIpc) is 3.34. The Kier molecular flexibility index (Phi) is 6.08. The number of para-hydroxylation sites is 2. The molecule has 1 amide bonds. The molecule has 0 saturated heterocycles. The molecule has 0 atom stereocenters. The van der Waals surface area contributed by atoms with E-state index in [1.807, 2.05) is 42.5 Å². The lowest BCUT2D eigenvalue weighted by atomic mass is 10.1. The number of benzene rings is 3. The highest BCUT2D eigenvalue weighted by Crippen LogP contribution is 2.25. The molecular formula is C27H20N6O2. The minimum atomic E-state index is -0.609. The molecule has 0 aliphatic carbocycles. The quantitative estimate of drug-likeness (QED) is 0.157. The fourth-order valence-corrected chi connectivity index (χ4v) is 3.44. The second-order valence-corrected chi connectivity index (χ2v) is 7.61. The molecule has 0 aliphatic heterocycles. The van der Waals surface area contributed by atoms with Crippen molar-refractivity contribution in [3.63, 3.8) is 0 Å². The molecule has 5 rings (SSSR count). The van der Waals surface area contributed by atoms with Crippen LogP contribution in [-0.2, 0) is 4.79 Å². The van der Waals surface area contributed by atoms with Crippen LogP contribution in [0.3, 0.4) is 0 Å². The third-order valence-electron chi connectivity index (χ3n) is 5.20. The van der Waals surface area contributed by atoms with Gasteiger partial charge in [-0.05, 0) is 48.5 Å². The number of carbonyl (C=O) groups is 1. The van der Waals surface area contributed by atoms with Crippen LogP contribution in [0.1, 0.15) is 5.56 Å². The molecule has 0 spiro atoms. The highest BCUT2D eigenvalue weighted by Gasteiger charge is 2.17.